The van der Waals surface area contributed by atoms with Crippen LogP contribution in [0, 0.1) is 0 Å². The van der Waals surface area contributed by atoms with Gasteiger partial charge in [-0.15, -0.1) is 0 Å². The van der Waals surface area contributed by atoms with Crippen molar-refractivity contribution in [3.8, 4) is 0 Å². The molecule has 0 saturated heterocycles. The maximum Gasteiger partial charge on any atom is 0.220 e. The lowest BCUT2D eigenvalue weighted by Gasteiger charge is -2.20. The van der Waals surface area contributed by atoms with E-state index in [-0.39, 0.29) is 12.5 Å². The van der Waals surface area contributed by atoms with Crippen LogP contribution in [0.15, 0.2) is 60.8 Å². The Labute approximate surface area is 413 Å². The van der Waals surface area contributed by atoms with Crippen LogP contribution in [0.3, 0.4) is 0 Å². The monoisotopic (exact) mass is 922 g/mol. The first-order valence-electron chi connectivity index (χ1n) is 29.5. The van der Waals surface area contributed by atoms with Crippen LogP contribution in [0.4, 0.5) is 0 Å². The molecule has 1 amide bonds. The van der Waals surface area contributed by atoms with Crippen LogP contribution < -0.4 is 5.32 Å². The molecule has 0 aliphatic heterocycles. The molecule has 2 atom stereocenters. The summed E-state index contributed by atoms with van der Waals surface area (Å²) in [5.74, 6) is -0.0643. The summed E-state index contributed by atoms with van der Waals surface area (Å²) in [5, 5.41) is 23.2. The molecule has 0 fully saturated rings. The van der Waals surface area contributed by atoms with Gasteiger partial charge in [0.25, 0.3) is 0 Å². The summed E-state index contributed by atoms with van der Waals surface area (Å²) in [6.45, 7) is 4.22. The Kier molecular flexibility index (Phi) is 55.7. The fraction of sp³-hybridized carbons (Fsp3) is 0.823. The van der Waals surface area contributed by atoms with Gasteiger partial charge in [-0.05, 0) is 57.8 Å². The van der Waals surface area contributed by atoms with E-state index in [1.165, 1.54) is 238 Å². The highest BCUT2D eigenvalue weighted by Crippen LogP contribution is 2.17. The minimum Gasteiger partial charge on any atom is -0.394 e. The topological polar surface area (TPSA) is 69.6 Å². The molecule has 0 rings (SSSR count). The summed E-state index contributed by atoms with van der Waals surface area (Å²) in [6, 6.07) is -0.627. The van der Waals surface area contributed by atoms with Crippen LogP contribution in [0.5, 0.6) is 0 Å². The zero-order valence-corrected chi connectivity index (χ0v) is 44.5. The Morgan fingerprint density at radius 3 is 1.00 bits per heavy atom. The Hall–Kier alpha value is -1.91. The number of allylic oxidation sites excluding steroid dienone is 9. The predicted octanol–water partition coefficient (Wildman–Crippen LogP) is 19.6. The molecule has 0 spiro atoms. The third kappa shape index (κ3) is 53.1. The first-order valence-corrected chi connectivity index (χ1v) is 29.5. The van der Waals surface area contributed by atoms with Crippen LogP contribution in [-0.2, 0) is 4.79 Å². The number of unbranched alkanes of at least 4 members (excludes halogenated alkanes) is 39. The molecule has 4 nitrogen and oxygen atoms in total. The van der Waals surface area contributed by atoms with Crippen LogP contribution >= 0.6 is 0 Å². The van der Waals surface area contributed by atoms with Crippen molar-refractivity contribution in [2.75, 3.05) is 6.61 Å². The van der Waals surface area contributed by atoms with E-state index in [1.54, 1.807) is 6.08 Å². The zero-order valence-electron chi connectivity index (χ0n) is 44.5. The summed E-state index contributed by atoms with van der Waals surface area (Å²) in [6.07, 6.45) is 81.1. The molecule has 0 aliphatic rings. The summed E-state index contributed by atoms with van der Waals surface area (Å²) in [5.41, 5.74) is 0. The van der Waals surface area contributed by atoms with Crippen molar-refractivity contribution in [1.82, 2.24) is 5.32 Å². The standard InChI is InChI=1S/C62H115NO3/c1-3-5-7-9-11-13-15-17-19-21-23-25-27-29-30-31-32-34-35-37-39-41-43-45-47-49-51-53-55-57-61(65)60(59-64)63-62(66)58-56-54-52-50-48-46-44-42-40-38-36-33-28-26-24-22-20-18-16-14-12-10-8-6-4-2/h6,8,12,14,18,20,24,26,55,57,60-61,64-65H,3-5,7,9-11,13,15-17,19,21-23,25,27-54,56,58-59H2,1-2H3,(H,63,66)/b8-6-,14-12-,20-18-,26-24-,57-55+. The third-order valence-corrected chi connectivity index (χ3v) is 13.5. The molecule has 0 aromatic carbocycles. The molecule has 0 radical (unpaired) electrons. The van der Waals surface area contributed by atoms with E-state index in [2.05, 4.69) is 67.8 Å². The Morgan fingerprint density at radius 2 is 0.667 bits per heavy atom. The molecule has 0 aromatic heterocycles. The van der Waals surface area contributed by atoms with Crippen molar-refractivity contribution in [3.05, 3.63) is 60.8 Å². The Bertz CT molecular complexity index is 1090. The number of nitrogens with one attached hydrogen (secondary N) is 1. The highest BCUT2D eigenvalue weighted by atomic mass is 16.3. The normalized spacial score (nSPS) is 13.2. The summed E-state index contributed by atoms with van der Waals surface area (Å²) in [7, 11) is 0. The lowest BCUT2D eigenvalue weighted by Crippen LogP contribution is -2.45. The van der Waals surface area contributed by atoms with Gasteiger partial charge in [0.1, 0.15) is 0 Å². The van der Waals surface area contributed by atoms with Gasteiger partial charge in [-0.1, -0.05) is 306 Å². The highest BCUT2D eigenvalue weighted by molar-refractivity contribution is 5.76. The van der Waals surface area contributed by atoms with E-state index in [0.29, 0.717) is 6.42 Å². The van der Waals surface area contributed by atoms with E-state index < -0.39 is 12.1 Å². The number of amides is 1. The lowest BCUT2D eigenvalue weighted by molar-refractivity contribution is -0.123. The molecular formula is C62H115NO3. The fourth-order valence-electron chi connectivity index (χ4n) is 9.06. The number of rotatable bonds is 54. The molecule has 0 aliphatic carbocycles. The number of aliphatic hydroxyl groups is 2. The van der Waals surface area contributed by atoms with Gasteiger partial charge in [0.05, 0.1) is 18.8 Å². The third-order valence-electron chi connectivity index (χ3n) is 13.5. The predicted molar refractivity (Wildman–Crippen MR) is 294 cm³/mol. The quantitative estimate of drug-likeness (QED) is 0.0420. The largest absolute Gasteiger partial charge is 0.394 e. The van der Waals surface area contributed by atoms with Crippen LogP contribution in [-0.4, -0.2) is 34.9 Å². The van der Waals surface area contributed by atoms with Crippen LogP contribution in [0.1, 0.15) is 309 Å². The van der Waals surface area contributed by atoms with Crippen molar-refractivity contribution in [2.24, 2.45) is 0 Å². The van der Waals surface area contributed by atoms with Gasteiger partial charge in [0.15, 0.2) is 0 Å². The Balaban J connectivity index is 3.48. The molecule has 2 unspecified atom stereocenters. The second-order valence-electron chi connectivity index (χ2n) is 20.0. The average Bonchev–Trinajstić information content (AvgIpc) is 3.32. The average molecular weight is 923 g/mol. The molecular weight excluding hydrogens is 807 g/mol. The number of aliphatic hydroxyl groups excluding tert-OH is 2. The SMILES string of the molecule is CC/C=C\C/C=C\C/C=C\C/C=C\CCCCCCCCCCCCCCC(=O)NC(CO)C(O)/C=C/CCCCCCCCCCCCCCCCCCCCCCCCCCCCC. The summed E-state index contributed by atoms with van der Waals surface area (Å²) < 4.78 is 0. The zero-order chi connectivity index (χ0) is 47.7. The molecule has 386 valence electrons. The second-order valence-corrected chi connectivity index (χ2v) is 20.0. The molecule has 0 bridgehead atoms. The first kappa shape index (κ1) is 64.1. The molecule has 66 heavy (non-hydrogen) atoms. The number of carbonyl (C=O) groups is 1. The maximum atomic E-state index is 12.5. The van der Waals surface area contributed by atoms with Crippen molar-refractivity contribution in [2.45, 2.75) is 321 Å². The summed E-state index contributed by atoms with van der Waals surface area (Å²) in [4.78, 5) is 12.5. The molecule has 0 saturated carbocycles. The van der Waals surface area contributed by atoms with Gasteiger partial charge < -0.3 is 15.5 Å². The minimum atomic E-state index is -0.844. The van der Waals surface area contributed by atoms with E-state index in [1.807, 2.05) is 6.08 Å². The number of hydrogen-bond donors (Lipinski definition) is 3. The summed E-state index contributed by atoms with van der Waals surface area (Å²) >= 11 is 0. The van der Waals surface area contributed by atoms with E-state index >= 15 is 0 Å². The maximum absolute atomic E-state index is 12.5. The van der Waals surface area contributed by atoms with Gasteiger partial charge in [-0.2, -0.15) is 0 Å². The number of carbonyl (C=O) groups excluding carboxylic acids is 1. The molecule has 0 aromatic rings. The number of hydrogen-bond acceptors (Lipinski definition) is 3. The first-order chi connectivity index (χ1) is 32.7. The van der Waals surface area contributed by atoms with Gasteiger partial charge in [-0.3, -0.25) is 4.79 Å². The van der Waals surface area contributed by atoms with Crippen molar-refractivity contribution in [3.63, 3.8) is 0 Å². The lowest BCUT2D eigenvalue weighted by atomic mass is 10.0. The van der Waals surface area contributed by atoms with Gasteiger partial charge >= 0.3 is 0 Å². The van der Waals surface area contributed by atoms with E-state index in [0.717, 1.165) is 51.4 Å². The van der Waals surface area contributed by atoms with Crippen LogP contribution in [0.25, 0.3) is 0 Å². The molecule has 3 N–H and O–H groups in total. The molecule has 4 heteroatoms. The van der Waals surface area contributed by atoms with E-state index in [4.69, 9.17) is 0 Å². The smallest absolute Gasteiger partial charge is 0.220 e. The van der Waals surface area contributed by atoms with E-state index in [9.17, 15) is 15.0 Å². The molecule has 0 heterocycles. The Morgan fingerprint density at radius 1 is 0.379 bits per heavy atom. The minimum absolute atomic E-state index is 0.0643. The van der Waals surface area contributed by atoms with Crippen molar-refractivity contribution in [1.29, 1.82) is 0 Å². The highest BCUT2D eigenvalue weighted by Gasteiger charge is 2.18. The van der Waals surface area contributed by atoms with Gasteiger partial charge in [-0.25, -0.2) is 0 Å². The second kappa shape index (κ2) is 57.4. The van der Waals surface area contributed by atoms with Crippen molar-refractivity contribution < 1.29 is 15.0 Å². The van der Waals surface area contributed by atoms with Gasteiger partial charge in [0.2, 0.25) is 5.91 Å². The van der Waals surface area contributed by atoms with Gasteiger partial charge in [0, 0.05) is 6.42 Å². The van der Waals surface area contributed by atoms with Crippen LogP contribution in [0.2, 0.25) is 0 Å². The van der Waals surface area contributed by atoms with Crippen molar-refractivity contribution >= 4 is 5.91 Å². The fourth-order valence-corrected chi connectivity index (χ4v) is 9.06.